The molecule has 0 aliphatic heterocycles. The first-order valence-electron chi connectivity index (χ1n) is 10.8. The number of nitriles is 1. The van der Waals surface area contributed by atoms with Crippen LogP contribution in [0.15, 0.2) is 79.3 Å². The largest absolute Gasteiger partial charge is 0.313 e. The predicted molar refractivity (Wildman–Crippen MR) is 132 cm³/mol. The quantitative estimate of drug-likeness (QED) is 0.321. The SMILES string of the molecule is Cc1cc2cnc3ccc(C#Cc4cccnc4)cc3c2n1-c1ccc(C(C)(C)C#N)cc1. The summed E-state index contributed by atoms with van der Waals surface area (Å²) >= 11 is 0. The number of hydrogen-bond donors (Lipinski definition) is 0. The molecule has 4 heteroatoms. The molecular weight excluding hydrogens is 404 g/mol. The molecule has 2 aromatic carbocycles. The number of benzene rings is 2. The van der Waals surface area contributed by atoms with Crippen LogP contribution in [0.2, 0.25) is 0 Å². The van der Waals surface area contributed by atoms with Crippen LogP contribution >= 0.6 is 0 Å². The van der Waals surface area contributed by atoms with Gasteiger partial charge in [0, 0.05) is 51.9 Å². The van der Waals surface area contributed by atoms with Gasteiger partial charge in [0.05, 0.1) is 22.5 Å². The number of fused-ring (bicyclic) bond motifs is 3. The van der Waals surface area contributed by atoms with Gasteiger partial charge in [0.1, 0.15) is 0 Å². The highest BCUT2D eigenvalue weighted by Gasteiger charge is 2.20. The molecule has 0 atom stereocenters. The van der Waals surface area contributed by atoms with E-state index in [1.54, 1.807) is 12.4 Å². The van der Waals surface area contributed by atoms with E-state index in [1.165, 1.54) is 0 Å². The second kappa shape index (κ2) is 7.93. The number of pyridine rings is 2. The van der Waals surface area contributed by atoms with E-state index in [2.05, 4.69) is 63.6 Å². The highest BCUT2D eigenvalue weighted by Crippen LogP contribution is 2.31. The fourth-order valence-electron chi connectivity index (χ4n) is 4.10. The average Bonchev–Trinajstić information content (AvgIpc) is 3.19. The molecule has 0 radical (unpaired) electrons. The maximum absolute atomic E-state index is 9.47. The molecule has 0 saturated heterocycles. The molecule has 0 unspecified atom stereocenters. The smallest absolute Gasteiger partial charge is 0.0766 e. The van der Waals surface area contributed by atoms with Gasteiger partial charge >= 0.3 is 0 Å². The Morgan fingerprint density at radius 1 is 0.909 bits per heavy atom. The van der Waals surface area contributed by atoms with Gasteiger partial charge in [-0.05, 0) is 74.9 Å². The zero-order chi connectivity index (χ0) is 23.0. The second-order valence-corrected chi connectivity index (χ2v) is 8.69. The number of hydrogen-bond acceptors (Lipinski definition) is 3. The van der Waals surface area contributed by atoms with Crippen molar-refractivity contribution in [3.05, 3.63) is 102 Å². The first kappa shape index (κ1) is 20.5. The van der Waals surface area contributed by atoms with Crippen molar-refractivity contribution in [2.45, 2.75) is 26.2 Å². The standard InChI is InChI=1S/C29H22N4/c1-20-15-23-18-32-27-13-8-21(6-7-22-5-4-14-31-17-22)16-26(27)28(23)33(20)25-11-9-24(10-12-25)29(2,3)19-30/h4-5,8-18H,1-3H3. The third-order valence-corrected chi connectivity index (χ3v) is 5.95. The van der Waals surface area contributed by atoms with Crippen molar-refractivity contribution in [1.82, 2.24) is 14.5 Å². The number of aromatic nitrogens is 3. The molecule has 0 amide bonds. The molecule has 0 aliphatic rings. The lowest BCUT2D eigenvalue weighted by Gasteiger charge is -2.17. The lowest BCUT2D eigenvalue weighted by molar-refractivity contribution is 0.686. The first-order chi connectivity index (χ1) is 16.0. The predicted octanol–water partition coefficient (Wildman–Crippen LogP) is 6.08. The summed E-state index contributed by atoms with van der Waals surface area (Å²) in [6.07, 6.45) is 5.43. The van der Waals surface area contributed by atoms with E-state index in [1.807, 2.05) is 56.4 Å². The van der Waals surface area contributed by atoms with E-state index in [4.69, 9.17) is 0 Å². The van der Waals surface area contributed by atoms with Crippen LogP contribution in [0.1, 0.15) is 36.2 Å². The minimum Gasteiger partial charge on any atom is -0.313 e. The second-order valence-electron chi connectivity index (χ2n) is 8.69. The molecule has 3 heterocycles. The lowest BCUT2D eigenvalue weighted by Crippen LogP contribution is -2.13. The zero-order valence-corrected chi connectivity index (χ0v) is 18.8. The summed E-state index contributed by atoms with van der Waals surface area (Å²) in [6.45, 7) is 5.97. The van der Waals surface area contributed by atoms with Gasteiger partial charge in [-0.25, -0.2) is 0 Å². The van der Waals surface area contributed by atoms with Gasteiger partial charge in [0.15, 0.2) is 0 Å². The number of nitrogens with zero attached hydrogens (tertiary/aromatic N) is 4. The Bertz CT molecular complexity index is 1590. The summed E-state index contributed by atoms with van der Waals surface area (Å²) in [4.78, 5) is 8.80. The Kier molecular flexibility index (Phi) is 4.93. The first-order valence-corrected chi connectivity index (χ1v) is 10.8. The summed E-state index contributed by atoms with van der Waals surface area (Å²) in [5, 5.41) is 11.6. The summed E-state index contributed by atoms with van der Waals surface area (Å²) in [6, 6.07) is 22.7. The van der Waals surface area contributed by atoms with Crippen LogP contribution in [0.4, 0.5) is 0 Å². The van der Waals surface area contributed by atoms with Gasteiger partial charge in [-0.3, -0.25) is 9.97 Å². The highest BCUT2D eigenvalue weighted by molar-refractivity contribution is 6.05. The monoisotopic (exact) mass is 426 g/mol. The maximum Gasteiger partial charge on any atom is 0.0766 e. The van der Waals surface area contributed by atoms with E-state index in [-0.39, 0.29) is 0 Å². The molecular formula is C29H22N4. The van der Waals surface area contributed by atoms with Crippen LogP contribution in [0.25, 0.3) is 27.5 Å². The normalized spacial score (nSPS) is 11.2. The van der Waals surface area contributed by atoms with Gasteiger partial charge in [-0.15, -0.1) is 0 Å². The minimum absolute atomic E-state index is 0.523. The van der Waals surface area contributed by atoms with Crippen LogP contribution in [-0.2, 0) is 5.41 Å². The fourth-order valence-corrected chi connectivity index (χ4v) is 4.10. The Labute approximate surface area is 193 Å². The Morgan fingerprint density at radius 3 is 2.42 bits per heavy atom. The zero-order valence-electron chi connectivity index (χ0n) is 18.8. The molecule has 0 aliphatic carbocycles. The molecule has 158 valence electrons. The van der Waals surface area contributed by atoms with Crippen molar-refractivity contribution in [2.24, 2.45) is 0 Å². The van der Waals surface area contributed by atoms with E-state index in [0.29, 0.717) is 0 Å². The van der Waals surface area contributed by atoms with E-state index < -0.39 is 5.41 Å². The van der Waals surface area contributed by atoms with Crippen molar-refractivity contribution in [3.8, 4) is 23.6 Å². The van der Waals surface area contributed by atoms with Gasteiger partial charge in [0.2, 0.25) is 0 Å². The summed E-state index contributed by atoms with van der Waals surface area (Å²) in [5.41, 5.74) is 6.50. The van der Waals surface area contributed by atoms with E-state index in [0.717, 1.165) is 49.9 Å². The van der Waals surface area contributed by atoms with Crippen molar-refractivity contribution in [3.63, 3.8) is 0 Å². The molecule has 3 aromatic heterocycles. The van der Waals surface area contributed by atoms with Gasteiger partial charge in [-0.1, -0.05) is 24.0 Å². The third kappa shape index (κ3) is 3.73. The Hall–Kier alpha value is -4.41. The Morgan fingerprint density at radius 2 is 1.70 bits per heavy atom. The molecule has 0 bridgehead atoms. The molecule has 5 rings (SSSR count). The summed E-state index contributed by atoms with van der Waals surface area (Å²) < 4.78 is 2.25. The average molecular weight is 427 g/mol. The molecule has 33 heavy (non-hydrogen) atoms. The molecule has 0 spiro atoms. The molecule has 5 aromatic rings. The molecule has 4 nitrogen and oxygen atoms in total. The van der Waals surface area contributed by atoms with Crippen molar-refractivity contribution in [2.75, 3.05) is 0 Å². The number of aryl methyl sites for hydroxylation is 1. The summed E-state index contributed by atoms with van der Waals surface area (Å²) in [7, 11) is 0. The van der Waals surface area contributed by atoms with Crippen LogP contribution in [0, 0.1) is 30.1 Å². The van der Waals surface area contributed by atoms with Crippen LogP contribution < -0.4 is 0 Å². The van der Waals surface area contributed by atoms with Crippen molar-refractivity contribution >= 4 is 21.8 Å². The maximum atomic E-state index is 9.47. The van der Waals surface area contributed by atoms with Crippen LogP contribution in [0.5, 0.6) is 0 Å². The van der Waals surface area contributed by atoms with Crippen molar-refractivity contribution < 1.29 is 0 Å². The third-order valence-electron chi connectivity index (χ3n) is 5.95. The Balaban J connectivity index is 1.67. The van der Waals surface area contributed by atoms with Gasteiger partial charge < -0.3 is 4.57 Å². The molecule has 0 fully saturated rings. The highest BCUT2D eigenvalue weighted by atomic mass is 15.0. The van der Waals surface area contributed by atoms with Crippen LogP contribution in [-0.4, -0.2) is 14.5 Å². The lowest BCUT2D eigenvalue weighted by atomic mass is 9.86. The number of rotatable bonds is 2. The molecule has 0 saturated carbocycles. The van der Waals surface area contributed by atoms with Gasteiger partial charge in [0.25, 0.3) is 0 Å². The van der Waals surface area contributed by atoms with Crippen molar-refractivity contribution in [1.29, 1.82) is 5.26 Å². The molecule has 0 N–H and O–H groups in total. The van der Waals surface area contributed by atoms with Gasteiger partial charge in [-0.2, -0.15) is 5.26 Å². The fraction of sp³-hybridized carbons (Fsp3) is 0.138. The minimum atomic E-state index is -0.523. The topological polar surface area (TPSA) is 54.5 Å². The van der Waals surface area contributed by atoms with E-state index in [9.17, 15) is 5.26 Å². The van der Waals surface area contributed by atoms with E-state index >= 15 is 0 Å². The van der Waals surface area contributed by atoms with Crippen LogP contribution in [0.3, 0.4) is 0 Å². The summed E-state index contributed by atoms with van der Waals surface area (Å²) in [5.74, 6) is 6.44.